The molecular weight excluding hydrogens is 200 g/mol. The highest BCUT2D eigenvalue weighted by Gasteiger charge is 2.21. The van der Waals surface area contributed by atoms with Crippen molar-refractivity contribution in [1.29, 1.82) is 0 Å². The molecule has 2 aromatic heterocycles. The molecule has 0 saturated carbocycles. The number of hydrogen-bond donors (Lipinski definition) is 0. The van der Waals surface area contributed by atoms with Crippen molar-refractivity contribution in [2.24, 2.45) is 0 Å². The van der Waals surface area contributed by atoms with Crippen molar-refractivity contribution in [3.05, 3.63) is 24.8 Å². The van der Waals surface area contributed by atoms with Gasteiger partial charge in [-0.3, -0.25) is 0 Å². The van der Waals surface area contributed by atoms with Gasteiger partial charge in [0, 0.05) is 18.3 Å². The summed E-state index contributed by atoms with van der Waals surface area (Å²) >= 11 is 0. The zero-order chi connectivity index (χ0) is 11.8. The first-order chi connectivity index (χ1) is 7.50. The van der Waals surface area contributed by atoms with Crippen molar-refractivity contribution in [3.8, 4) is 0 Å². The van der Waals surface area contributed by atoms with Gasteiger partial charge in [0.15, 0.2) is 0 Å². The summed E-state index contributed by atoms with van der Waals surface area (Å²) in [5.41, 5.74) is 2.21. The largest absolute Gasteiger partial charge is 0.343 e. The summed E-state index contributed by atoms with van der Waals surface area (Å²) in [4.78, 5) is 10.5. The monoisotopic (exact) mass is 218 g/mol. The second-order valence-electron chi connectivity index (χ2n) is 4.94. The highest BCUT2D eigenvalue weighted by molar-refractivity contribution is 5.74. The van der Waals surface area contributed by atoms with E-state index in [1.807, 2.05) is 12.3 Å². The summed E-state index contributed by atoms with van der Waals surface area (Å²) in [6, 6.07) is 2.03. The number of nitrogens with zero attached hydrogens (tertiary/aromatic N) is 4. The molecule has 2 heterocycles. The Bertz CT molecular complexity index is 484. The second-order valence-corrected chi connectivity index (χ2v) is 4.94. The molecule has 2 rings (SSSR count). The Hall–Kier alpha value is -1.42. The molecule has 0 aliphatic carbocycles. The highest BCUT2D eigenvalue weighted by atomic mass is 15.2. The van der Waals surface area contributed by atoms with E-state index in [4.69, 9.17) is 0 Å². The third kappa shape index (κ3) is 1.93. The highest BCUT2D eigenvalue weighted by Crippen LogP contribution is 2.18. The van der Waals surface area contributed by atoms with Crippen LogP contribution in [0, 0.1) is 0 Å². The van der Waals surface area contributed by atoms with Crippen molar-refractivity contribution >= 4 is 11.0 Å². The molecule has 0 aromatic carbocycles. The van der Waals surface area contributed by atoms with Crippen LogP contribution in [0.25, 0.3) is 11.0 Å². The molecule has 4 heteroatoms. The fourth-order valence-electron chi connectivity index (χ4n) is 1.62. The second kappa shape index (κ2) is 3.87. The Morgan fingerprint density at radius 2 is 2.12 bits per heavy atom. The molecule has 86 valence electrons. The molecule has 0 fully saturated rings. The third-order valence-electron chi connectivity index (χ3n) is 3.21. The smallest absolute Gasteiger partial charge is 0.116 e. The lowest BCUT2D eigenvalue weighted by Gasteiger charge is -2.33. The van der Waals surface area contributed by atoms with Gasteiger partial charge in [0.25, 0.3) is 0 Å². The van der Waals surface area contributed by atoms with Gasteiger partial charge in [-0.25, -0.2) is 9.97 Å². The first-order valence-corrected chi connectivity index (χ1v) is 5.43. The Kier molecular flexibility index (Phi) is 2.68. The predicted octanol–water partition coefficient (Wildman–Crippen LogP) is 1.77. The van der Waals surface area contributed by atoms with E-state index in [2.05, 4.69) is 53.6 Å². The summed E-state index contributed by atoms with van der Waals surface area (Å²) in [6.07, 6.45) is 5.53. The van der Waals surface area contributed by atoms with E-state index in [-0.39, 0.29) is 5.54 Å². The van der Waals surface area contributed by atoms with E-state index < -0.39 is 0 Å². The van der Waals surface area contributed by atoms with E-state index in [0.717, 1.165) is 17.6 Å². The van der Waals surface area contributed by atoms with E-state index >= 15 is 0 Å². The maximum Gasteiger partial charge on any atom is 0.116 e. The van der Waals surface area contributed by atoms with Crippen molar-refractivity contribution in [3.63, 3.8) is 0 Å². The summed E-state index contributed by atoms with van der Waals surface area (Å²) < 4.78 is 2.20. The Labute approximate surface area is 95.9 Å². The van der Waals surface area contributed by atoms with Crippen LogP contribution >= 0.6 is 0 Å². The van der Waals surface area contributed by atoms with E-state index in [0.29, 0.717) is 0 Å². The van der Waals surface area contributed by atoms with Gasteiger partial charge in [-0.1, -0.05) is 0 Å². The zero-order valence-corrected chi connectivity index (χ0v) is 10.3. The predicted molar refractivity (Wildman–Crippen MR) is 65.3 cm³/mol. The average Bonchev–Trinajstić information content (AvgIpc) is 2.61. The van der Waals surface area contributed by atoms with Crippen LogP contribution in [-0.4, -0.2) is 39.1 Å². The Morgan fingerprint density at radius 1 is 1.38 bits per heavy atom. The van der Waals surface area contributed by atoms with Gasteiger partial charge >= 0.3 is 0 Å². The van der Waals surface area contributed by atoms with Crippen LogP contribution < -0.4 is 0 Å². The van der Waals surface area contributed by atoms with Gasteiger partial charge in [-0.15, -0.1) is 0 Å². The molecule has 4 nitrogen and oxygen atoms in total. The van der Waals surface area contributed by atoms with Crippen molar-refractivity contribution in [1.82, 2.24) is 19.4 Å². The lowest BCUT2D eigenvalue weighted by molar-refractivity contribution is 0.171. The molecule has 16 heavy (non-hydrogen) atoms. The minimum Gasteiger partial charge on any atom is -0.343 e. The maximum atomic E-state index is 4.23. The minimum atomic E-state index is 0.113. The molecular formula is C12H18N4. The van der Waals surface area contributed by atoms with E-state index in [1.165, 1.54) is 0 Å². The number of fused-ring (bicyclic) bond motifs is 1. The van der Waals surface area contributed by atoms with Crippen LogP contribution in [0.4, 0.5) is 0 Å². The average molecular weight is 218 g/mol. The standard InChI is InChI=1S/C12H18N4/c1-12(2,15(3)4)8-16-6-5-10-11(16)7-13-9-14-10/h5-7,9H,8H2,1-4H3. The topological polar surface area (TPSA) is 34.0 Å². The van der Waals surface area contributed by atoms with E-state index in [9.17, 15) is 0 Å². The van der Waals surface area contributed by atoms with Gasteiger partial charge in [0.05, 0.1) is 17.2 Å². The summed E-state index contributed by atoms with van der Waals surface area (Å²) in [6.45, 7) is 5.38. The molecule has 0 atom stereocenters. The molecule has 0 spiro atoms. The number of aromatic nitrogens is 3. The summed E-state index contributed by atoms with van der Waals surface area (Å²) in [7, 11) is 4.20. The quantitative estimate of drug-likeness (QED) is 0.787. The van der Waals surface area contributed by atoms with Crippen LogP contribution in [0.15, 0.2) is 24.8 Å². The fourth-order valence-corrected chi connectivity index (χ4v) is 1.62. The van der Waals surface area contributed by atoms with Crippen LogP contribution in [0.2, 0.25) is 0 Å². The van der Waals surface area contributed by atoms with Crippen molar-refractivity contribution in [2.45, 2.75) is 25.9 Å². The van der Waals surface area contributed by atoms with Crippen LogP contribution in [0.1, 0.15) is 13.8 Å². The first kappa shape index (κ1) is 11.1. The van der Waals surface area contributed by atoms with Gasteiger partial charge in [-0.05, 0) is 34.0 Å². The summed E-state index contributed by atoms with van der Waals surface area (Å²) in [5, 5.41) is 0. The zero-order valence-electron chi connectivity index (χ0n) is 10.3. The molecule has 0 amide bonds. The third-order valence-corrected chi connectivity index (χ3v) is 3.21. The van der Waals surface area contributed by atoms with Crippen LogP contribution in [0.3, 0.4) is 0 Å². The molecule has 2 aromatic rings. The van der Waals surface area contributed by atoms with E-state index in [1.54, 1.807) is 6.33 Å². The summed E-state index contributed by atoms with van der Waals surface area (Å²) in [5.74, 6) is 0. The molecule has 0 aliphatic heterocycles. The Balaban J connectivity index is 2.35. The van der Waals surface area contributed by atoms with Gasteiger partial charge in [-0.2, -0.15) is 0 Å². The number of hydrogen-bond acceptors (Lipinski definition) is 3. The molecule has 0 radical (unpaired) electrons. The van der Waals surface area contributed by atoms with Gasteiger partial charge < -0.3 is 9.47 Å². The number of rotatable bonds is 3. The maximum absolute atomic E-state index is 4.23. The molecule has 0 bridgehead atoms. The lowest BCUT2D eigenvalue weighted by Crippen LogP contribution is -2.41. The Morgan fingerprint density at radius 3 is 2.81 bits per heavy atom. The molecule has 0 N–H and O–H groups in total. The fraction of sp³-hybridized carbons (Fsp3) is 0.500. The van der Waals surface area contributed by atoms with Gasteiger partial charge in [0.1, 0.15) is 6.33 Å². The van der Waals surface area contributed by atoms with Crippen LogP contribution in [0.5, 0.6) is 0 Å². The van der Waals surface area contributed by atoms with Crippen LogP contribution in [-0.2, 0) is 6.54 Å². The van der Waals surface area contributed by atoms with Crippen molar-refractivity contribution < 1.29 is 0 Å². The molecule has 0 unspecified atom stereocenters. The van der Waals surface area contributed by atoms with Crippen molar-refractivity contribution in [2.75, 3.05) is 14.1 Å². The first-order valence-electron chi connectivity index (χ1n) is 5.43. The lowest BCUT2D eigenvalue weighted by atomic mass is 10.0. The normalized spacial score (nSPS) is 12.6. The van der Waals surface area contributed by atoms with Gasteiger partial charge in [0.2, 0.25) is 0 Å². The molecule has 0 saturated heterocycles. The number of likely N-dealkylation sites (N-methyl/N-ethyl adjacent to an activating group) is 1. The minimum absolute atomic E-state index is 0.113. The molecule has 0 aliphatic rings. The SMILES string of the molecule is CN(C)C(C)(C)Cn1ccc2ncncc21.